The standard InChI is InChI=1S/C17H20N6O3/c1-25-12-6-3-10(4-7-12)15(24)22-13-8-5-11(9-14(13)26-2)21-17(20)23-16(18)19/h3-9H,1-2H3,(H,22,24)(H6,18,19,20,21,23). The van der Waals surface area contributed by atoms with Crippen molar-refractivity contribution in [1.82, 2.24) is 0 Å². The Kier molecular flexibility index (Phi) is 5.99. The van der Waals surface area contributed by atoms with Crippen LogP contribution in [0.25, 0.3) is 0 Å². The summed E-state index contributed by atoms with van der Waals surface area (Å²) in [6, 6.07) is 11.6. The van der Waals surface area contributed by atoms with Crippen molar-refractivity contribution < 1.29 is 14.3 Å². The molecule has 0 aromatic heterocycles. The van der Waals surface area contributed by atoms with Gasteiger partial charge >= 0.3 is 0 Å². The largest absolute Gasteiger partial charge is 0.497 e. The van der Waals surface area contributed by atoms with Crippen molar-refractivity contribution >= 4 is 29.2 Å². The highest BCUT2D eigenvalue weighted by atomic mass is 16.5. The monoisotopic (exact) mass is 356 g/mol. The molecule has 0 heterocycles. The van der Waals surface area contributed by atoms with Crippen molar-refractivity contribution in [2.24, 2.45) is 27.2 Å². The Morgan fingerprint density at radius 1 is 1.00 bits per heavy atom. The van der Waals surface area contributed by atoms with Crippen molar-refractivity contribution in [1.29, 1.82) is 0 Å². The highest BCUT2D eigenvalue weighted by Gasteiger charge is 2.11. The van der Waals surface area contributed by atoms with Crippen LogP contribution in [0.3, 0.4) is 0 Å². The number of anilines is 1. The number of methoxy groups -OCH3 is 2. The number of carbonyl (C=O) groups excluding carboxylic acids is 1. The number of rotatable bonds is 5. The number of guanidine groups is 2. The van der Waals surface area contributed by atoms with Crippen molar-refractivity contribution in [3.05, 3.63) is 48.0 Å². The maximum Gasteiger partial charge on any atom is 0.255 e. The molecular formula is C17H20N6O3. The maximum absolute atomic E-state index is 12.4. The molecule has 26 heavy (non-hydrogen) atoms. The van der Waals surface area contributed by atoms with E-state index in [1.165, 1.54) is 7.11 Å². The summed E-state index contributed by atoms with van der Waals surface area (Å²) in [5, 5.41) is 2.78. The molecule has 0 bridgehead atoms. The first kappa shape index (κ1) is 18.6. The average Bonchev–Trinajstić information content (AvgIpc) is 2.62. The summed E-state index contributed by atoms with van der Waals surface area (Å²) in [5.41, 5.74) is 17.5. The molecule has 0 saturated carbocycles. The van der Waals surface area contributed by atoms with Crippen LogP contribution >= 0.6 is 0 Å². The second-order valence-corrected chi connectivity index (χ2v) is 5.07. The van der Waals surface area contributed by atoms with Gasteiger partial charge in [0.05, 0.1) is 25.6 Å². The first-order chi connectivity index (χ1) is 12.4. The highest BCUT2D eigenvalue weighted by molar-refractivity contribution is 6.05. The number of hydrogen-bond donors (Lipinski definition) is 4. The summed E-state index contributed by atoms with van der Waals surface area (Å²) in [6.07, 6.45) is 0. The molecule has 0 radical (unpaired) electrons. The van der Waals surface area contributed by atoms with Gasteiger partial charge in [0, 0.05) is 11.6 Å². The molecule has 0 aliphatic heterocycles. The van der Waals surface area contributed by atoms with Crippen LogP contribution in [-0.4, -0.2) is 32.0 Å². The Labute approximate surface area is 150 Å². The fourth-order valence-corrected chi connectivity index (χ4v) is 2.08. The Morgan fingerprint density at radius 3 is 2.27 bits per heavy atom. The first-order valence-electron chi connectivity index (χ1n) is 7.50. The molecule has 0 unspecified atom stereocenters. The zero-order valence-corrected chi connectivity index (χ0v) is 14.4. The Hall–Kier alpha value is -3.75. The van der Waals surface area contributed by atoms with E-state index in [-0.39, 0.29) is 17.8 Å². The van der Waals surface area contributed by atoms with Gasteiger partial charge in [0.1, 0.15) is 11.5 Å². The molecule has 0 aliphatic carbocycles. The number of hydrogen-bond acceptors (Lipinski definition) is 4. The third-order valence-electron chi connectivity index (χ3n) is 3.27. The van der Waals surface area contributed by atoms with Crippen molar-refractivity contribution in [2.75, 3.05) is 19.5 Å². The second-order valence-electron chi connectivity index (χ2n) is 5.07. The van der Waals surface area contributed by atoms with Crippen LogP contribution in [0.5, 0.6) is 11.5 Å². The van der Waals surface area contributed by atoms with E-state index < -0.39 is 0 Å². The van der Waals surface area contributed by atoms with Crippen LogP contribution in [0.2, 0.25) is 0 Å². The molecule has 2 aromatic carbocycles. The van der Waals surface area contributed by atoms with E-state index in [1.807, 2.05) is 0 Å². The lowest BCUT2D eigenvalue weighted by molar-refractivity contribution is 0.102. The minimum absolute atomic E-state index is 0.0953. The fraction of sp³-hybridized carbons (Fsp3) is 0.118. The number of nitrogens with zero attached hydrogens (tertiary/aromatic N) is 2. The summed E-state index contributed by atoms with van der Waals surface area (Å²) >= 11 is 0. The summed E-state index contributed by atoms with van der Waals surface area (Å²) in [6.45, 7) is 0. The number of carbonyl (C=O) groups is 1. The molecule has 9 nitrogen and oxygen atoms in total. The van der Waals surface area contributed by atoms with Crippen LogP contribution in [0, 0.1) is 0 Å². The van der Waals surface area contributed by atoms with E-state index in [0.717, 1.165) is 0 Å². The normalized spacial score (nSPS) is 10.8. The third-order valence-corrected chi connectivity index (χ3v) is 3.27. The van der Waals surface area contributed by atoms with E-state index in [0.29, 0.717) is 28.4 Å². The number of nitrogens with two attached hydrogens (primary N) is 3. The van der Waals surface area contributed by atoms with Gasteiger partial charge in [0.15, 0.2) is 5.96 Å². The van der Waals surface area contributed by atoms with Gasteiger partial charge in [-0.25, -0.2) is 4.99 Å². The van der Waals surface area contributed by atoms with Crippen LogP contribution in [-0.2, 0) is 0 Å². The molecule has 0 fully saturated rings. The predicted molar refractivity (Wildman–Crippen MR) is 101 cm³/mol. The highest BCUT2D eigenvalue weighted by Crippen LogP contribution is 2.30. The molecule has 1 amide bonds. The molecule has 2 rings (SSSR count). The van der Waals surface area contributed by atoms with Gasteiger partial charge in [-0.05, 0) is 36.4 Å². The Balaban J connectivity index is 2.21. The minimum atomic E-state index is -0.290. The SMILES string of the molecule is COc1ccc(C(=O)Nc2ccc(N=C(N)N=C(N)N)cc2OC)cc1. The van der Waals surface area contributed by atoms with E-state index in [4.69, 9.17) is 26.7 Å². The summed E-state index contributed by atoms with van der Waals surface area (Å²) in [7, 11) is 3.04. The first-order valence-corrected chi connectivity index (χ1v) is 7.50. The number of benzene rings is 2. The number of amides is 1. The topological polar surface area (TPSA) is 150 Å². The molecule has 136 valence electrons. The van der Waals surface area contributed by atoms with E-state index in [2.05, 4.69) is 15.3 Å². The quantitative estimate of drug-likeness (QED) is 0.466. The average molecular weight is 356 g/mol. The summed E-state index contributed by atoms with van der Waals surface area (Å²) < 4.78 is 10.4. The summed E-state index contributed by atoms with van der Waals surface area (Å²) in [4.78, 5) is 20.0. The molecule has 0 aliphatic rings. The van der Waals surface area contributed by atoms with Crippen molar-refractivity contribution in [3.8, 4) is 11.5 Å². The number of aliphatic imine (C=N–C) groups is 2. The van der Waals surface area contributed by atoms with Gasteiger partial charge < -0.3 is 32.0 Å². The van der Waals surface area contributed by atoms with Gasteiger partial charge in [-0.15, -0.1) is 0 Å². The molecule has 9 heteroatoms. The Morgan fingerprint density at radius 2 is 1.69 bits per heavy atom. The number of ether oxygens (including phenoxy) is 2. The molecule has 0 spiro atoms. The van der Waals surface area contributed by atoms with E-state index in [9.17, 15) is 4.79 Å². The zero-order chi connectivity index (χ0) is 19.1. The maximum atomic E-state index is 12.4. The van der Waals surface area contributed by atoms with Crippen LogP contribution in [0.15, 0.2) is 52.4 Å². The molecule has 7 N–H and O–H groups in total. The predicted octanol–water partition coefficient (Wildman–Crippen LogP) is 1.18. The Bertz CT molecular complexity index is 842. The van der Waals surface area contributed by atoms with Gasteiger partial charge in [-0.2, -0.15) is 4.99 Å². The lowest BCUT2D eigenvalue weighted by Crippen LogP contribution is -2.26. The van der Waals surface area contributed by atoms with Gasteiger partial charge in [0.2, 0.25) is 5.96 Å². The van der Waals surface area contributed by atoms with Gasteiger partial charge in [0.25, 0.3) is 5.91 Å². The lowest BCUT2D eigenvalue weighted by atomic mass is 10.2. The molecule has 0 atom stereocenters. The lowest BCUT2D eigenvalue weighted by Gasteiger charge is -2.11. The third kappa shape index (κ3) is 4.87. The van der Waals surface area contributed by atoms with Gasteiger partial charge in [-0.3, -0.25) is 4.79 Å². The summed E-state index contributed by atoms with van der Waals surface area (Å²) in [5.74, 6) is 0.496. The zero-order valence-electron chi connectivity index (χ0n) is 14.4. The molecule has 2 aromatic rings. The molecular weight excluding hydrogens is 336 g/mol. The molecule has 0 saturated heterocycles. The smallest absolute Gasteiger partial charge is 0.255 e. The van der Waals surface area contributed by atoms with Crippen LogP contribution in [0.4, 0.5) is 11.4 Å². The van der Waals surface area contributed by atoms with Crippen LogP contribution < -0.4 is 32.0 Å². The van der Waals surface area contributed by atoms with Crippen molar-refractivity contribution in [2.45, 2.75) is 0 Å². The second kappa shape index (κ2) is 8.38. The van der Waals surface area contributed by atoms with Crippen LogP contribution in [0.1, 0.15) is 10.4 Å². The van der Waals surface area contributed by atoms with Gasteiger partial charge in [-0.1, -0.05) is 0 Å². The van der Waals surface area contributed by atoms with E-state index in [1.54, 1.807) is 49.6 Å². The van der Waals surface area contributed by atoms with Crippen molar-refractivity contribution in [3.63, 3.8) is 0 Å². The van der Waals surface area contributed by atoms with E-state index >= 15 is 0 Å². The number of nitrogens with one attached hydrogen (secondary N) is 1. The minimum Gasteiger partial charge on any atom is -0.497 e. The fourth-order valence-electron chi connectivity index (χ4n) is 2.08.